The van der Waals surface area contributed by atoms with Crippen LogP contribution in [0.3, 0.4) is 0 Å². The minimum atomic E-state index is -3.83. The van der Waals surface area contributed by atoms with Gasteiger partial charge in [0.1, 0.15) is 5.75 Å². The molecule has 0 aliphatic carbocycles. The number of nitrogens with one attached hydrogen (secondary N) is 1. The van der Waals surface area contributed by atoms with E-state index in [4.69, 9.17) is 25.8 Å². The van der Waals surface area contributed by atoms with Crippen LogP contribution in [0.2, 0.25) is 5.02 Å². The summed E-state index contributed by atoms with van der Waals surface area (Å²) in [5.41, 5.74) is 1.79. The first kappa shape index (κ1) is 24.7. The zero-order valence-corrected chi connectivity index (χ0v) is 21.0. The second-order valence-corrected chi connectivity index (χ2v) is 10.1. The van der Waals surface area contributed by atoms with Crippen LogP contribution in [0.5, 0.6) is 17.2 Å². The van der Waals surface area contributed by atoms with Crippen LogP contribution in [0.15, 0.2) is 65.6 Å². The van der Waals surface area contributed by atoms with Gasteiger partial charge in [0.25, 0.3) is 15.9 Å². The second kappa shape index (κ2) is 10.1. The molecular weight excluding hydrogens is 492 g/mol. The number of halogens is 1. The molecule has 4 rings (SSSR count). The van der Waals surface area contributed by atoms with Gasteiger partial charge in [-0.3, -0.25) is 9.52 Å². The second-order valence-electron chi connectivity index (χ2n) is 7.99. The molecule has 1 atom stereocenters. The predicted octanol–water partition coefficient (Wildman–Crippen LogP) is 4.47. The monoisotopic (exact) mass is 516 g/mol. The third kappa shape index (κ3) is 5.31. The Morgan fingerprint density at radius 2 is 1.83 bits per heavy atom. The van der Waals surface area contributed by atoms with Gasteiger partial charge in [-0.05, 0) is 55.5 Å². The molecule has 0 bridgehead atoms. The molecule has 1 heterocycles. The first-order chi connectivity index (χ1) is 16.7. The quantitative estimate of drug-likeness (QED) is 0.498. The lowest BCUT2D eigenvalue weighted by Gasteiger charge is -2.24. The van der Waals surface area contributed by atoms with Crippen LogP contribution in [0.4, 0.5) is 5.69 Å². The van der Waals surface area contributed by atoms with E-state index in [1.54, 1.807) is 50.3 Å². The molecule has 3 aromatic carbocycles. The van der Waals surface area contributed by atoms with E-state index in [9.17, 15) is 13.2 Å². The number of methoxy groups -OCH3 is 2. The zero-order valence-electron chi connectivity index (χ0n) is 19.4. The standard InChI is InChI=1S/C25H25ClN2O6S/c1-16-25(29)28(14-17-5-4-6-23(32-2)24(17)33-3)15-18-13-20(9-12-22(18)34-16)27-35(30,31)21-10-7-19(26)8-11-21/h4-13,16,27H,14-15H2,1-3H3/t16-/m0/s1. The number of ether oxygens (including phenoxy) is 3. The third-order valence-electron chi connectivity index (χ3n) is 5.61. The highest BCUT2D eigenvalue weighted by atomic mass is 35.5. The maximum atomic E-state index is 13.1. The lowest BCUT2D eigenvalue weighted by molar-refractivity contribution is -0.138. The normalized spacial score (nSPS) is 15.6. The highest BCUT2D eigenvalue weighted by Gasteiger charge is 2.29. The average Bonchev–Trinajstić information content (AvgIpc) is 2.95. The first-order valence-corrected chi connectivity index (χ1v) is 12.6. The maximum Gasteiger partial charge on any atom is 0.263 e. The van der Waals surface area contributed by atoms with Crippen molar-refractivity contribution in [2.24, 2.45) is 0 Å². The van der Waals surface area contributed by atoms with Crippen molar-refractivity contribution in [3.05, 3.63) is 76.8 Å². The van der Waals surface area contributed by atoms with Gasteiger partial charge < -0.3 is 19.1 Å². The predicted molar refractivity (Wildman–Crippen MR) is 133 cm³/mol. The van der Waals surface area contributed by atoms with Crippen molar-refractivity contribution in [2.45, 2.75) is 31.0 Å². The number of carbonyl (C=O) groups excluding carboxylic acids is 1. The first-order valence-electron chi connectivity index (χ1n) is 10.8. The average molecular weight is 517 g/mol. The van der Waals surface area contributed by atoms with Gasteiger partial charge >= 0.3 is 0 Å². The van der Waals surface area contributed by atoms with Crippen LogP contribution in [0.25, 0.3) is 0 Å². The van der Waals surface area contributed by atoms with Crippen LogP contribution in [0, 0.1) is 0 Å². The van der Waals surface area contributed by atoms with Gasteiger partial charge in [0, 0.05) is 34.9 Å². The fourth-order valence-electron chi connectivity index (χ4n) is 3.91. The summed E-state index contributed by atoms with van der Waals surface area (Å²) < 4.78 is 45.0. The third-order valence-corrected chi connectivity index (χ3v) is 7.26. The molecule has 3 aromatic rings. The SMILES string of the molecule is COc1cccc(CN2Cc3cc(NS(=O)(=O)c4ccc(Cl)cc4)ccc3O[C@@H](C)C2=O)c1OC. The lowest BCUT2D eigenvalue weighted by Crippen LogP contribution is -2.37. The Morgan fingerprint density at radius 1 is 1.09 bits per heavy atom. The van der Waals surface area contributed by atoms with Gasteiger partial charge in [-0.2, -0.15) is 0 Å². The molecule has 1 amide bonds. The number of rotatable bonds is 7. The fraction of sp³-hybridized carbons (Fsp3) is 0.240. The molecule has 1 aliphatic heterocycles. The van der Waals surface area contributed by atoms with Crippen molar-refractivity contribution in [3.8, 4) is 17.2 Å². The summed E-state index contributed by atoms with van der Waals surface area (Å²) in [4.78, 5) is 14.8. The zero-order chi connectivity index (χ0) is 25.2. The summed E-state index contributed by atoms with van der Waals surface area (Å²) in [6, 6.07) is 16.3. The molecule has 184 valence electrons. The van der Waals surface area contributed by atoms with Gasteiger partial charge in [-0.1, -0.05) is 23.7 Å². The molecule has 10 heteroatoms. The summed E-state index contributed by atoms with van der Waals surface area (Å²) >= 11 is 5.87. The highest BCUT2D eigenvalue weighted by Crippen LogP contribution is 2.34. The maximum absolute atomic E-state index is 13.1. The van der Waals surface area contributed by atoms with Crippen molar-refractivity contribution in [1.82, 2.24) is 4.90 Å². The molecule has 8 nitrogen and oxygen atoms in total. The molecule has 0 spiro atoms. The van der Waals surface area contributed by atoms with E-state index in [0.29, 0.717) is 33.5 Å². The topological polar surface area (TPSA) is 94.2 Å². The minimum Gasteiger partial charge on any atom is -0.493 e. The van der Waals surface area contributed by atoms with E-state index in [1.165, 1.54) is 24.3 Å². The summed E-state index contributed by atoms with van der Waals surface area (Å²) in [6.07, 6.45) is -0.718. The molecule has 0 fully saturated rings. The number of anilines is 1. The van der Waals surface area contributed by atoms with Crippen LogP contribution < -0.4 is 18.9 Å². The van der Waals surface area contributed by atoms with Gasteiger partial charge in [-0.25, -0.2) is 8.42 Å². The molecule has 35 heavy (non-hydrogen) atoms. The van der Waals surface area contributed by atoms with E-state index in [1.807, 2.05) is 12.1 Å². The van der Waals surface area contributed by atoms with Crippen LogP contribution >= 0.6 is 11.6 Å². The number of sulfonamides is 1. The van der Waals surface area contributed by atoms with Crippen LogP contribution in [-0.2, 0) is 27.9 Å². The van der Waals surface area contributed by atoms with E-state index in [2.05, 4.69) is 4.72 Å². The fourth-order valence-corrected chi connectivity index (χ4v) is 5.08. The molecule has 1 aliphatic rings. The van der Waals surface area contributed by atoms with E-state index in [-0.39, 0.29) is 23.9 Å². The summed E-state index contributed by atoms with van der Waals surface area (Å²) in [6.45, 7) is 2.16. The van der Waals surface area contributed by atoms with Crippen molar-refractivity contribution in [1.29, 1.82) is 0 Å². The van der Waals surface area contributed by atoms with Gasteiger partial charge in [0.05, 0.1) is 19.1 Å². The largest absolute Gasteiger partial charge is 0.493 e. The number of carbonyl (C=O) groups is 1. The molecule has 0 aromatic heterocycles. The van der Waals surface area contributed by atoms with Gasteiger partial charge in [0.2, 0.25) is 0 Å². The Kier molecular flexibility index (Phi) is 7.09. The number of hydrogen-bond donors (Lipinski definition) is 1. The number of para-hydroxylation sites is 1. The Bertz CT molecular complexity index is 1340. The highest BCUT2D eigenvalue weighted by molar-refractivity contribution is 7.92. The Hall–Kier alpha value is -3.43. The van der Waals surface area contributed by atoms with Gasteiger partial charge in [-0.15, -0.1) is 0 Å². The molecular formula is C25H25ClN2O6S. The van der Waals surface area contributed by atoms with Crippen molar-refractivity contribution >= 4 is 33.2 Å². The molecule has 0 saturated carbocycles. The number of amides is 1. The number of fused-ring (bicyclic) bond motifs is 1. The summed E-state index contributed by atoms with van der Waals surface area (Å²) in [5.74, 6) is 1.43. The van der Waals surface area contributed by atoms with Crippen molar-refractivity contribution in [2.75, 3.05) is 18.9 Å². The molecule has 0 unspecified atom stereocenters. The Balaban J connectivity index is 1.63. The number of benzene rings is 3. The number of nitrogens with zero attached hydrogens (tertiary/aromatic N) is 1. The van der Waals surface area contributed by atoms with Crippen LogP contribution in [0.1, 0.15) is 18.1 Å². The summed E-state index contributed by atoms with van der Waals surface area (Å²) in [5, 5.41) is 0.442. The molecule has 0 radical (unpaired) electrons. The molecule has 1 N–H and O–H groups in total. The Morgan fingerprint density at radius 3 is 2.51 bits per heavy atom. The summed E-state index contributed by atoms with van der Waals surface area (Å²) in [7, 11) is -0.726. The van der Waals surface area contributed by atoms with Crippen molar-refractivity contribution < 1.29 is 27.4 Å². The van der Waals surface area contributed by atoms with E-state index in [0.717, 1.165) is 5.56 Å². The Labute approximate surface area is 209 Å². The number of hydrogen-bond acceptors (Lipinski definition) is 6. The minimum absolute atomic E-state index is 0.0867. The molecule has 0 saturated heterocycles. The smallest absolute Gasteiger partial charge is 0.263 e. The van der Waals surface area contributed by atoms with E-state index < -0.39 is 16.1 Å². The lowest BCUT2D eigenvalue weighted by atomic mass is 10.1. The van der Waals surface area contributed by atoms with E-state index >= 15 is 0 Å². The van der Waals surface area contributed by atoms with Crippen molar-refractivity contribution in [3.63, 3.8) is 0 Å². The van der Waals surface area contributed by atoms with Gasteiger partial charge in [0.15, 0.2) is 17.6 Å². The van der Waals surface area contributed by atoms with Crippen LogP contribution in [-0.4, -0.2) is 39.5 Å².